The summed E-state index contributed by atoms with van der Waals surface area (Å²) >= 11 is 5.90. The SMILES string of the molecule is CC(=O)C1CC=COC1Nc1cccc(Cl)c1. The summed E-state index contributed by atoms with van der Waals surface area (Å²) in [5.41, 5.74) is 0.851. The van der Waals surface area contributed by atoms with E-state index in [0.29, 0.717) is 11.4 Å². The van der Waals surface area contributed by atoms with Crippen molar-refractivity contribution >= 4 is 23.1 Å². The third kappa shape index (κ3) is 3.01. The van der Waals surface area contributed by atoms with Crippen LogP contribution in [0.3, 0.4) is 0 Å². The van der Waals surface area contributed by atoms with Crippen LogP contribution < -0.4 is 5.32 Å². The molecule has 0 saturated heterocycles. The topological polar surface area (TPSA) is 38.3 Å². The molecule has 0 saturated carbocycles. The number of Topliss-reactive ketones (excluding diaryl/α,β-unsaturated/α-hetero) is 1. The Kier molecular flexibility index (Phi) is 3.69. The summed E-state index contributed by atoms with van der Waals surface area (Å²) in [5.74, 6) is -0.0344. The number of ketones is 1. The van der Waals surface area contributed by atoms with E-state index in [9.17, 15) is 4.79 Å². The van der Waals surface area contributed by atoms with Crippen molar-refractivity contribution in [2.45, 2.75) is 19.6 Å². The highest BCUT2D eigenvalue weighted by atomic mass is 35.5. The zero-order valence-corrected chi connectivity index (χ0v) is 10.3. The van der Waals surface area contributed by atoms with Gasteiger partial charge >= 0.3 is 0 Å². The molecule has 1 aliphatic rings. The van der Waals surface area contributed by atoms with Gasteiger partial charge in [0.05, 0.1) is 12.2 Å². The summed E-state index contributed by atoms with van der Waals surface area (Å²) in [6, 6.07) is 7.36. The van der Waals surface area contributed by atoms with Gasteiger partial charge in [0.25, 0.3) is 0 Å². The molecule has 2 rings (SSSR count). The maximum Gasteiger partial charge on any atom is 0.179 e. The molecule has 0 bridgehead atoms. The molecular weight excluding hydrogens is 238 g/mol. The molecule has 0 aromatic heterocycles. The Hall–Kier alpha value is -1.48. The zero-order valence-electron chi connectivity index (χ0n) is 9.52. The molecular formula is C13H14ClNO2. The molecule has 3 nitrogen and oxygen atoms in total. The van der Waals surface area contributed by atoms with Crippen LogP contribution in [0.5, 0.6) is 0 Å². The van der Waals surface area contributed by atoms with E-state index in [1.165, 1.54) is 0 Å². The van der Waals surface area contributed by atoms with Crippen LogP contribution >= 0.6 is 11.6 Å². The van der Waals surface area contributed by atoms with Crippen LogP contribution in [0.2, 0.25) is 5.02 Å². The summed E-state index contributed by atoms with van der Waals surface area (Å²) < 4.78 is 5.44. The monoisotopic (exact) mass is 251 g/mol. The first-order chi connectivity index (χ1) is 8.16. The van der Waals surface area contributed by atoms with Crippen LogP contribution in [0.4, 0.5) is 5.69 Å². The van der Waals surface area contributed by atoms with Crippen molar-refractivity contribution in [3.05, 3.63) is 41.6 Å². The number of rotatable bonds is 3. The van der Waals surface area contributed by atoms with Crippen molar-refractivity contribution in [1.29, 1.82) is 0 Å². The third-order valence-corrected chi connectivity index (χ3v) is 2.97. The Morgan fingerprint density at radius 2 is 2.35 bits per heavy atom. The van der Waals surface area contributed by atoms with Gasteiger partial charge in [-0.05, 0) is 37.6 Å². The van der Waals surface area contributed by atoms with Crippen LogP contribution in [-0.2, 0) is 9.53 Å². The van der Waals surface area contributed by atoms with E-state index < -0.39 is 0 Å². The van der Waals surface area contributed by atoms with Gasteiger partial charge in [0.2, 0.25) is 0 Å². The number of halogens is 1. The molecule has 4 heteroatoms. The zero-order chi connectivity index (χ0) is 12.3. The van der Waals surface area contributed by atoms with E-state index >= 15 is 0 Å². The van der Waals surface area contributed by atoms with E-state index in [1.54, 1.807) is 25.3 Å². The molecule has 2 atom stereocenters. The number of carbonyl (C=O) groups is 1. The second-order valence-electron chi connectivity index (χ2n) is 4.04. The van der Waals surface area contributed by atoms with Crippen molar-refractivity contribution < 1.29 is 9.53 Å². The Morgan fingerprint density at radius 1 is 1.53 bits per heavy atom. The lowest BCUT2D eigenvalue weighted by molar-refractivity contribution is -0.124. The average molecular weight is 252 g/mol. The van der Waals surface area contributed by atoms with Crippen LogP contribution in [0.15, 0.2) is 36.6 Å². The van der Waals surface area contributed by atoms with Gasteiger partial charge in [-0.1, -0.05) is 17.7 Å². The highest BCUT2D eigenvalue weighted by molar-refractivity contribution is 6.30. The van der Waals surface area contributed by atoms with Gasteiger partial charge in [-0.25, -0.2) is 0 Å². The van der Waals surface area contributed by atoms with Crippen LogP contribution in [0.25, 0.3) is 0 Å². The molecule has 0 spiro atoms. The lowest BCUT2D eigenvalue weighted by Crippen LogP contribution is -2.36. The minimum Gasteiger partial charge on any atom is -0.478 e. The highest BCUT2D eigenvalue weighted by Gasteiger charge is 2.27. The van der Waals surface area contributed by atoms with Gasteiger partial charge < -0.3 is 10.1 Å². The first kappa shape index (κ1) is 12.0. The Morgan fingerprint density at radius 3 is 3.06 bits per heavy atom. The largest absolute Gasteiger partial charge is 0.478 e. The molecule has 17 heavy (non-hydrogen) atoms. The molecule has 2 unspecified atom stereocenters. The fourth-order valence-electron chi connectivity index (χ4n) is 1.82. The Balaban J connectivity index is 2.11. The molecule has 0 fully saturated rings. The summed E-state index contributed by atoms with van der Waals surface area (Å²) in [5, 5.41) is 3.83. The van der Waals surface area contributed by atoms with Gasteiger partial charge in [0, 0.05) is 10.7 Å². The molecule has 90 valence electrons. The molecule has 1 heterocycles. The number of hydrogen-bond donors (Lipinski definition) is 1. The van der Waals surface area contributed by atoms with E-state index in [2.05, 4.69) is 5.32 Å². The normalized spacial score (nSPS) is 22.9. The first-order valence-corrected chi connectivity index (χ1v) is 5.87. The predicted octanol–water partition coefficient (Wildman–Crippen LogP) is 3.22. The molecule has 1 N–H and O–H groups in total. The summed E-state index contributed by atoms with van der Waals surface area (Å²) in [7, 11) is 0. The number of allylic oxidation sites excluding steroid dienone is 1. The van der Waals surface area contributed by atoms with E-state index in [0.717, 1.165) is 5.69 Å². The standard InChI is InChI=1S/C13H14ClNO2/c1-9(16)12-6-3-7-17-13(12)15-11-5-2-4-10(14)8-11/h2-5,7-8,12-13,15H,6H2,1H3. The molecule has 0 radical (unpaired) electrons. The Bertz CT molecular complexity index is 445. The van der Waals surface area contributed by atoms with Gasteiger partial charge in [-0.3, -0.25) is 4.79 Å². The minimum absolute atomic E-state index is 0.119. The minimum atomic E-state index is -0.323. The molecule has 1 aromatic rings. The van der Waals surface area contributed by atoms with Crippen molar-refractivity contribution in [1.82, 2.24) is 0 Å². The maximum absolute atomic E-state index is 11.5. The van der Waals surface area contributed by atoms with Gasteiger partial charge in [0.1, 0.15) is 5.78 Å². The lowest BCUT2D eigenvalue weighted by atomic mass is 9.97. The van der Waals surface area contributed by atoms with Crippen molar-refractivity contribution in [3.63, 3.8) is 0 Å². The van der Waals surface area contributed by atoms with Gasteiger partial charge in [0.15, 0.2) is 6.23 Å². The second kappa shape index (κ2) is 5.23. The second-order valence-corrected chi connectivity index (χ2v) is 4.47. The summed E-state index contributed by atoms with van der Waals surface area (Å²) in [4.78, 5) is 11.5. The molecule has 0 amide bonds. The van der Waals surface area contributed by atoms with Crippen molar-refractivity contribution in [2.75, 3.05) is 5.32 Å². The average Bonchev–Trinajstić information content (AvgIpc) is 2.29. The quantitative estimate of drug-likeness (QED) is 0.897. The van der Waals surface area contributed by atoms with Crippen LogP contribution in [0.1, 0.15) is 13.3 Å². The summed E-state index contributed by atoms with van der Waals surface area (Å²) in [6.45, 7) is 1.58. The Labute approximate surface area is 105 Å². The molecule has 1 aliphatic heterocycles. The third-order valence-electron chi connectivity index (χ3n) is 2.73. The molecule has 0 aliphatic carbocycles. The number of benzene rings is 1. The smallest absolute Gasteiger partial charge is 0.179 e. The fraction of sp³-hybridized carbons (Fsp3) is 0.308. The van der Waals surface area contributed by atoms with Crippen LogP contribution in [0, 0.1) is 5.92 Å². The first-order valence-electron chi connectivity index (χ1n) is 5.50. The fourth-order valence-corrected chi connectivity index (χ4v) is 2.01. The number of ether oxygens (including phenoxy) is 1. The van der Waals surface area contributed by atoms with E-state index in [4.69, 9.17) is 16.3 Å². The number of anilines is 1. The maximum atomic E-state index is 11.5. The summed E-state index contributed by atoms with van der Waals surface area (Å²) in [6.07, 6.45) is 3.87. The number of hydrogen-bond acceptors (Lipinski definition) is 3. The van der Waals surface area contributed by atoms with Crippen LogP contribution in [-0.4, -0.2) is 12.0 Å². The number of carbonyl (C=O) groups excluding carboxylic acids is 1. The van der Waals surface area contributed by atoms with Gasteiger partial charge in [-0.15, -0.1) is 0 Å². The predicted molar refractivity (Wildman–Crippen MR) is 67.9 cm³/mol. The number of nitrogens with one attached hydrogen (secondary N) is 1. The highest BCUT2D eigenvalue weighted by Crippen LogP contribution is 2.23. The van der Waals surface area contributed by atoms with Crippen molar-refractivity contribution in [2.24, 2.45) is 5.92 Å². The molecule has 1 aromatic carbocycles. The van der Waals surface area contributed by atoms with E-state index in [-0.39, 0.29) is 17.9 Å². The van der Waals surface area contributed by atoms with E-state index in [1.807, 2.05) is 18.2 Å². The lowest BCUT2D eigenvalue weighted by Gasteiger charge is -2.28. The van der Waals surface area contributed by atoms with Crippen molar-refractivity contribution in [3.8, 4) is 0 Å². The van der Waals surface area contributed by atoms with Gasteiger partial charge in [-0.2, -0.15) is 0 Å².